The summed E-state index contributed by atoms with van der Waals surface area (Å²) in [5.41, 5.74) is 6.03. The Bertz CT molecular complexity index is 564. The molecule has 3 N–H and O–H groups in total. The SMILES string of the molecule is CCCCCC/C=C/CCC/C=C/COC(=O)c1ccc(N)c(O)c1. The molecule has 0 aromatic heterocycles. The zero-order chi connectivity index (χ0) is 18.3. The van der Waals surface area contributed by atoms with Gasteiger partial charge in [-0.25, -0.2) is 4.79 Å². The van der Waals surface area contributed by atoms with Crippen LogP contribution in [-0.4, -0.2) is 17.7 Å². The lowest BCUT2D eigenvalue weighted by molar-refractivity contribution is 0.0549. The molecule has 1 aromatic carbocycles. The Morgan fingerprint density at radius 1 is 1.04 bits per heavy atom. The third-order valence-electron chi connectivity index (χ3n) is 3.88. The molecule has 0 heterocycles. The third-order valence-corrected chi connectivity index (χ3v) is 3.88. The Balaban J connectivity index is 2.07. The first kappa shape index (κ1) is 20.8. The lowest BCUT2D eigenvalue weighted by Crippen LogP contribution is -2.05. The number of benzene rings is 1. The Hall–Kier alpha value is -2.23. The first-order valence-corrected chi connectivity index (χ1v) is 9.20. The number of allylic oxidation sites excluding steroid dienone is 3. The van der Waals surface area contributed by atoms with E-state index in [-0.39, 0.29) is 18.0 Å². The Morgan fingerprint density at radius 2 is 1.72 bits per heavy atom. The average Bonchev–Trinajstić information content (AvgIpc) is 2.61. The lowest BCUT2D eigenvalue weighted by atomic mass is 10.1. The number of aromatic hydroxyl groups is 1. The van der Waals surface area contributed by atoms with Crippen molar-refractivity contribution in [2.24, 2.45) is 0 Å². The van der Waals surface area contributed by atoms with Crippen molar-refractivity contribution in [1.29, 1.82) is 0 Å². The van der Waals surface area contributed by atoms with Gasteiger partial charge in [0.25, 0.3) is 0 Å². The molecule has 1 aromatic rings. The van der Waals surface area contributed by atoms with Crippen molar-refractivity contribution in [1.82, 2.24) is 0 Å². The second-order valence-electron chi connectivity index (χ2n) is 6.10. The summed E-state index contributed by atoms with van der Waals surface area (Å²) in [6.07, 6.45) is 18.0. The Labute approximate surface area is 151 Å². The van der Waals surface area contributed by atoms with Crippen LogP contribution in [0.4, 0.5) is 5.69 Å². The first-order valence-electron chi connectivity index (χ1n) is 9.20. The van der Waals surface area contributed by atoms with Crippen LogP contribution in [-0.2, 0) is 4.74 Å². The standard InChI is InChI=1S/C21H31NO3/c1-2-3-4-5-6-7-8-9-10-11-12-13-16-25-21(24)18-14-15-19(22)20(23)17-18/h7-8,12-15,17,23H,2-6,9-11,16,22H2,1H3/b8-7+,13-12+. The van der Waals surface area contributed by atoms with Crippen LogP contribution in [0.1, 0.15) is 68.6 Å². The number of carbonyl (C=O) groups excluding carboxylic acids is 1. The molecule has 4 nitrogen and oxygen atoms in total. The van der Waals surface area contributed by atoms with Gasteiger partial charge in [-0.05, 0) is 50.3 Å². The van der Waals surface area contributed by atoms with E-state index in [2.05, 4.69) is 19.1 Å². The fourth-order valence-electron chi connectivity index (χ4n) is 2.34. The summed E-state index contributed by atoms with van der Waals surface area (Å²) in [4.78, 5) is 11.8. The number of nitrogen functional groups attached to an aromatic ring is 1. The van der Waals surface area contributed by atoms with Crippen LogP contribution in [0.15, 0.2) is 42.5 Å². The summed E-state index contributed by atoms with van der Waals surface area (Å²) in [7, 11) is 0. The maximum atomic E-state index is 11.8. The van der Waals surface area contributed by atoms with Gasteiger partial charge < -0.3 is 15.6 Å². The summed E-state index contributed by atoms with van der Waals surface area (Å²) in [6, 6.07) is 4.34. The number of hydrogen-bond acceptors (Lipinski definition) is 4. The first-order chi connectivity index (χ1) is 12.1. The number of phenols is 1. The zero-order valence-corrected chi connectivity index (χ0v) is 15.2. The molecule has 0 aliphatic heterocycles. The lowest BCUT2D eigenvalue weighted by Gasteiger charge is -2.04. The highest BCUT2D eigenvalue weighted by molar-refractivity contribution is 5.90. The number of nitrogens with two attached hydrogens (primary N) is 1. The van der Waals surface area contributed by atoms with Crippen LogP contribution in [0.5, 0.6) is 5.75 Å². The van der Waals surface area contributed by atoms with Crippen LogP contribution in [0.3, 0.4) is 0 Å². The topological polar surface area (TPSA) is 72.5 Å². The van der Waals surface area contributed by atoms with Crippen molar-refractivity contribution in [2.45, 2.75) is 58.3 Å². The van der Waals surface area contributed by atoms with Crippen molar-refractivity contribution < 1.29 is 14.6 Å². The van der Waals surface area contributed by atoms with Crippen molar-refractivity contribution in [3.8, 4) is 5.75 Å². The highest BCUT2D eigenvalue weighted by atomic mass is 16.5. The van der Waals surface area contributed by atoms with Gasteiger partial charge in [-0.2, -0.15) is 0 Å². The highest BCUT2D eigenvalue weighted by Crippen LogP contribution is 2.21. The number of esters is 1. The average molecular weight is 345 g/mol. The molecule has 0 spiro atoms. The molecule has 25 heavy (non-hydrogen) atoms. The predicted octanol–water partition coefficient (Wildman–Crippen LogP) is 5.38. The van der Waals surface area contributed by atoms with Crippen LogP contribution in [0, 0.1) is 0 Å². The number of phenolic OH excluding ortho intramolecular Hbond substituents is 1. The van der Waals surface area contributed by atoms with Crippen molar-refractivity contribution >= 4 is 11.7 Å². The van der Waals surface area contributed by atoms with Gasteiger partial charge in [0.2, 0.25) is 0 Å². The Kier molecular flexibility index (Phi) is 10.9. The normalized spacial score (nSPS) is 11.4. The van der Waals surface area contributed by atoms with Crippen LogP contribution < -0.4 is 5.73 Å². The van der Waals surface area contributed by atoms with Gasteiger partial charge in [0, 0.05) is 0 Å². The zero-order valence-electron chi connectivity index (χ0n) is 15.2. The van der Waals surface area contributed by atoms with Gasteiger partial charge in [-0.3, -0.25) is 0 Å². The van der Waals surface area contributed by atoms with Gasteiger partial charge >= 0.3 is 5.97 Å². The molecule has 138 valence electrons. The Morgan fingerprint density at radius 3 is 2.40 bits per heavy atom. The van der Waals surface area contributed by atoms with E-state index in [1.807, 2.05) is 12.2 Å². The van der Waals surface area contributed by atoms with E-state index in [0.29, 0.717) is 5.56 Å². The quantitative estimate of drug-likeness (QED) is 0.175. The molecule has 4 heteroatoms. The van der Waals surface area contributed by atoms with E-state index in [4.69, 9.17) is 10.5 Å². The predicted molar refractivity (Wildman–Crippen MR) is 104 cm³/mol. The molecule has 0 aliphatic rings. The van der Waals surface area contributed by atoms with Crippen LogP contribution in [0.2, 0.25) is 0 Å². The van der Waals surface area contributed by atoms with Crippen molar-refractivity contribution in [3.05, 3.63) is 48.1 Å². The molecule has 1 rings (SSSR count). The minimum atomic E-state index is -0.467. The molecule has 0 aliphatic carbocycles. The fourth-order valence-corrected chi connectivity index (χ4v) is 2.34. The summed E-state index contributed by atoms with van der Waals surface area (Å²) in [5.74, 6) is -0.575. The third kappa shape index (κ3) is 9.60. The summed E-state index contributed by atoms with van der Waals surface area (Å²) in [6.45, 7) is 2.46. The molecule has 0 amide bonds. The van der Waals surface area contributed by atoms with Crippen LogP contribution in [0.25, 0.3) is 0 Å². The number of carbonyl (C=O) groups is 1. The smallest absolute Gasteiger partial charge is 0.338 e. The second-order valence-corrected chi connectivity index (χ2v) is 6.10. The molecule has 0 unspecified atom stereocenters. The van der Waals surface area contributed by atoms with Gasteiger partial charge in [-0.15, -0.1) is 0 Å². The molecule has 0 saturated heterocycles. The number of rotatable bonds is 12. The fraction of sp³-hybridized carbons (Fsp3) is 0.476. The molecule has 0 fully saturated rings. The minimum absolute atomic E-state index is 0.108. The van der Waals surface area contributed by atoms with E-state index in [9.17, 15) is 9.90 Å². The van der Waals surface area contributed by atoms with Crippen molar-refractivity contribution in [2.75, 3.05) is 12.3 Å². The highest BCUT2D eigenvalue weighted by Gasteiger charge is 2.08. The summed E-state index contributed by atoms with van der Waals surface area (Å²) < 4.78 is 5.12. The van der Waals surface area contributed by atoms with Gasteiger partial charge in [0.15, 0.2) is 0 Å². The van der Waals surface area contributed by atoms with Crippen LogP contribution >= 0.6 is 0 Å². The summed E-state index contributed by atoms with van der Waals surface area (Å²) >= 11 is 0. The van der Waals surface area contributed by atoms with Gasteiger partial charge in [-0.1, -0.05) is 50.5 Å². The van der Waals surface area contributed by atoms with Crippen molar-refractivity contribution in [3.63, 3.8) is 0 Å². The van der Waals surface area contributed by atoms with E-state index >= 15 is 0 Å². The number of unbranched alkanes of at least 4 members (excludes halogenated alkanes) is 6. The number of anilines is 1. The summed E-state index contributed by atoms with van der Waals surface area (Å²) in [5, 5.41) is 9.48. The minimum Gasteiger partial charge on any atom is -0.506 e. The van der Waals surface area contributed by atoms with E-state index in [1.54, 1.807) is 0 Å². The molecule has 0 saturated carbocycles. The second kappa shape index (κ2) is 13.1. The van der Waals surface area contributed by atoms with E-state index in [1.165, 1.54) is 50.3 Å². The van der Waals surface area contributed by atoms with E-state index in [0.717, 1.165) is 19.3 Å². The largest absolute Gasteiger partial charge is 0.506 e. The number of ether oxygens (including phenoxy) is 1. The van der Waals surface area contributed by atoms with Gasteiger partial charge in [0.1, 0.15) is 12.4 Å². The maximum Gasteiger partial charge on any atom is 0.338 e. The monoisotopic (exact) mass is 345 g/mol. The maximum absolute atomic E-state index is 11.8. The molecule has 0 atom stereocenters. The number of hydrogen-bond donors (Lipinski definition) is 2. The molecule has 0 bridgehead atoms. The molecular formula is C21H31NO3. The molecular weight excluding hydrogens is 314 g/mol. The molecule has 0 radical (unpaired) electrons. The van der Waals surface area contributed by atoms with E-state index < -0.39 is 5.97 Å². The van der Waals surface area contributed by atoms with Gasteiger partial charge in [0.05, 0.1) is 11.3 Å².